The SMILES string of the molecule is Cc1oc(C)c(S(=O)(=O)NCC(C)C2CC2)c1CN. The van der Waals surface area contributed by atoms with Crippen molar-refractivity contribution in [3.63, 3.8) is 0 Å². The van der Waals surface area contributed by atoms with E-state index in [4.69, 9.17) is 10.2 Å². The Balaban J connectivity index is 2.18. The summed E-state index contributed by atoms with van der Waals surface area (Å²) in [4.78, 5) is 0.218. The van der Waals surface area contributed by atoms with Crippen LogP contribution in [-0.4, -0.2) is 15.0 Å². The summed E-state index contributed by atoms with van der Waals surface area (Å²) in [6.07, 6.45) is 2.42. The molecule has 0 radical (unpaired) electrons. The van der Waals surface area contributed by atoms with Gasteiger partial charge in [0.05, 0.1) is 0 Å². The van der Waals surface area contributed by atoms with Gasteiger partial charge in [-0.15, -0.1) is 0 Å². The topological polar surface area (TPSA) is 85.3 Å². The van der Waals surface area contributed by atoms with Crippen LogP contribution < -0.4 is 10.5 Å². The van der Waals surface area contributed by atoms with Gasteiger partial charge in [0.15, 0.2) is 0 Å². The lowest BCUT2D eigenvalue weighted by atomic mass is 10.1. The molecular formula is C13H22N2O3S. The summed E-state index contributed by atoms with van der Waals surface area (Å²) in [6, 6.07) is 0. The van der Waals surface area contributed by atoms with Crippen LogP contribution in [0.4, 0.5) is 0 Å². The van der Waals surface area contributed by atoms with Crippen molar-refractivity contribution < 1.29 is 12.8 Å². The Kier molecular flexibility index (Phi) is 4.03. The summed E-state index contributed by atoms with van der Waals surface area (Å²) in [7, 11) is -3.54. The number of rotatable bonds is 6. The van der Waals surface area contributed by atoms with Gasteiger partial charge in [-0.05, 0) is 38.5 Å². The van der Waals surface area contributed by atoms with Crippen LogP contribution >= 0.6 is 0 Å². The van der Waals surface area contributed by atoms with Gasteiger partial charge in [0.2, 0.25) is 10.0 Å². The van der Waals surface area contributed by atoms with Gasteiger partial charge in [0.25, 0.3) is 0 Å². The summed E-state index contributed by atoms with van der Waals surface area (Å²) < 4.78 is 32.8. The van der Waals surface area contributed by atoms with Crippen LogP contribution in [0.15, 0.2) is 9.31 Å². The normalized spacial score (nSPS) is 17.7. The number of furan rings is 1. The third kappa shape index (κ3) is 3.01. The minimum absolute atomic E-state index is 0.164. The molecule has 19 heavy (non-hydrogen) atoms. The minimum atomic E-state index is -3.54. The summed E-state index contributed by atoms with van der Waals surface area (Å²) in [5.41, 5.74) is 6.20. The van der Waals surface area contributed by atoms with E-state index < -0.39 is 10.0 Å². The van der Waals surface area contributed by atoms with Gasteiger partial charge in [-0.3, -0.25) is 0 Å². The Morgan fingerprint density at radius 3 is 2.53 bits per heavy atom. The van der Waals surface area contributed by atoms with E-state index in [1.165, 1.54) is 12.8 Å². The van der Waals surface area contributed by atoms with Crippen molar-refractivity contribution in [2.24, 2.45) is 17.6 Å². The molecule has 3 N–H and O–H groups in total. The molecule has 6 heteroatoms. The van der Waals surface area contributed by atoms with Gasteiger partial charge < -0.3 is 10.2 Å². The molecule has 0 saturated heterocycles. The standard InChI is InChI=1S/C13H22N2O3S/c1-8(11-4-5-11)7-15-19(16,17)13-10(3)18-9(2)12(13)6-14/h8,11,15H,4-7,14H2,1-3H3. The summed E-state index contributed by atoms with van der Waals surface area (Å²) >= 11 is 0. The second kappa shape index (κ2) is 5.26. The Morgan fingerprint density at radius 1 is 1.37 bits per heavy atom. The van der Waals surface area contributed by atoms with Gasteiger partial charge in [0, 0.05) is 18.7 Å². The van der Waals surface area contributed by atoms with Gasteiger partial charge in [-0.25, -0.2) is 13.1 Å². The van der Waals surface area contributed by atoms with Crippen LogP contribution in [0, 0.1) is 25.7 Å². The Morgan fingerprint density at radius 2 is 2.00 bits per heavy atom. The van der Waals surface area contributed by atoms with Crippen LogP contribution in [0.1, 0.15) is 36.8 Å². The molecule has 0 spiro atoms. The highest BCUT2D eigenvalue weighted by atomic mass is 32.2. The second-order valence-corrected chi connectivity index (χ2v) is 7.10. The smallest absolute Gasteiger partial charge is 0.244 e. The van der Waals surface area contributed by atoms with Crippen molar-refractivity contribution in [2.45, 2.75) is 45.1 Å². The maximum Gasteiger partial charge on any atom is 0.244 e. The Labute approximate surface area is 114 Å². The quantitative estimate of drug-likeness (QED) is 0.833. The lowest BCUT2D eigenvalue weighted by Gasteiger charge is -2.12. The molecule has 0 aliphatic heterocycles. The van der Waals surface area contributed by atoms with E-state index in [0.717, 1.165) is 0 Å². The number of nitrogens with one attached hydrogen (secondary N) is 1. The lowest BCUT2D eigenvalue weighted by Crippen LogP contribution is -2.30. The highest BCUT2D eigenvalue weighted by Crippen LogP contribution is 2.36. The zero-order valence-corrected chi connectivity index (χ0v) is 12.5. The van der Waals surface area contributed by atoms with Crippen molar-refractivity contribution in [1.82, 2.24) is 4.72 Å². The van der Waals surface area contributed by atoms with E-state index in [0.29, 0.717) is 35.5 Å². The minimum Gasteiger partial charge on any atom is -0.465 e. The van der Waals surface area contributed by atoms with Crippen LogP contribution in [-0.2, 0) is 16.6 Å². The summed E-state index contributed by atoms with van der Waals surface area (Å²) in [5, 5.41) is 0. The molecule has 1 unspecified atom stereocenters. The van der Waals surface area contributed by atoms with Crippen LogP contribution in [0.2, 0.25) is 0 Å². The predicted octanol–water partition coefficient (Wildman–Crippen LogP) is 1.68. The first-order valence-electron chi connectivity index (χ1n) is 6.65. The van der Waals surface area contributed by atoms with Crippen molar-refractivity contribution in [3.8, 4) is 0 Å². The molecule has 1 aliphatic rings. The molecule has 0 aromatic carbocycles. The molecule has 1 aromatic heterocycles. The Bertz CT molecular complexity index is 559. The average molecular weight is 286 g/mol. The first kappa shape index (κ1) is 14.6. The molecule has 1 aliphatic carbocycles. The maximum absolute atomic E-state index is 12.4. The fraction of sp³-hybridized carbons (Fsp3) is 0.692. The maximum atomic E-state index is 12.4. The molecule has 1 aromatic rings. The Hall–Kier alpha value is -0.850. The molecule has 2 rings (SSSR count). The number of hydrogen-bond donors (Lipinski definition) is 2. The molecule has 108 valence electrons. The van der Waals surface area contributed by atoms with E-state index in [1.54, 1.807) is 13.8 Å². The summed E-state index contributed by atoms with van der Waals surface area (Å²) in [6.45, 7) is 6.11. The average Bonchev–Trinajstić information content (AvgIpc) is 3.12. The number of sulfonamides is 1. The predicted molar refractivity (Wildman–Crippen MR) is 73.1 cm³/mol. The van der Waals surface area contributed by atoms with E-state index in [9.17, 15) is 8.42 Å². The van der Waals surface area contributed by atoms with Crippen LogP contribution in [0.3, 0.4) is 0 Å². The highest BCUT2D eigenvalue weighted by Gasteiger charge is 2.30. The zero-order valence-electron chi connectivity index (χ0n) is 11.7. The van der Waals surface area contributed by atoms with E-state index >= 15 is 0 Å². The van der Waals surface area contributed by atoms with Crippen molar-refractivity contribution in [1.29, 1.82) is 0 Å². The molecular weight excluding hydrogens is 264 g/mol. The molecule has 1 saturated carbocycles. The molecule has 0 amide bonds. The molecule has 5 nitrogen and oxygen atoms in total. The van der Waals surface area contributed by atoms with Crippen LogP contribution in [0.5, 0.6) is 0 Å². The number of nitrogens with two attached hydrogens (primary N) is 1. The summed E-state index contributed by atoms with van der Waals surface area (Å²) in [5.74, 6) is 2.04. The van der Waals surface area contributed by atoms with Crippen molar-refractivity contribution >= 4 is 10.0 Å². The van der Waals surface area contributed by atoms with E-state index in [2.05, 4.69) is 11.6 Å². The first-order valence-corrected chi connectivity index (χ1v) is 8.13. The van der Waals surface area contributed by atoms with Crippen molar-refractivity contribution in [2.75, 3.05) is 6.54 Å². The van der Waals surface area contributed by atoms with E-state index in [-0.39, 0.29) is 11.4 Å². The van der Waals surface area contributed by atoms with E-state index in [1.807, 2.05) is 0 Å². The molecule has 1 fully saturated rings. The third-order valence-corrected chi connectivity index (χ3v) is 5.44. The molecule has 0 bridgehead atoms. The first-order chi connectivity index (χ1) is 8.86. The highest BCUT2D eigenvalue weighted by molar-refractivity contribution is 7.89. The second-order valence-electron chi connectivity index (χ2n) is 5.39. The largest absolute Gasteiger partial charge is 0.465 e. The zero-order chi connectivity index (χ0) is 14.2. The van der Waals surface area contributed by atoms with Gasteiger partial charge in [0.1, 0.15) is 16.4 Å². The fourth-order valence-corrected chi connectivity index (χ4v) is 4.04. The van der Waals surface area contributed by atoms with Gasteiger partial charge in [-0.1, -0.05) is 6.92 Å². The molecule has 1 heterocycles. The lowest BCUT2D eigenvalue weighted by molar-refractivity contribution is 0.485. The third-order valence-electron chi connectivity index (χ3n) is 3.82. The van der Waals surface area contributed by atoms with Crippen molar-refractivity contribution in [3.05, 3.63) is 17.1 Å². The molecule has 1 atom stereocenters. The number of hydrogen-bond acceptors (Lipinski definition) is 4. The van der Waals surface area contributed by atoms with Gasteiger partial charge >= 0.3 is 0 Å². The number of aryl methyl sites for hydroxylation is 2. The van der Waals surface area contributed by atoms with Crippen LogP contribution in [0.25, 0.3) is 0 Å². The van der Waals surface area contributed by atoms with Gasteiger partial charge in [-0.2, -0.15) is 0 Å². The fourth-order valence-electron chi connectivity index (χ4n) is 2.44. The monoisotopic (exact) mass is 286 g/mol.